The highest BCUT2D eigenvalue weighted by atomic mass is 15.1. The molecule has 0 spiro atoms. The molecular weight excluding hydrogens is 198 g/mol. The van der Waals surface area contributed by atoms with Gasteiger partial charge in [-0.25, -0.2) is 4.98 Å². The van der Waals surface area contributed by atoms with E-state index in [-0.39, 0.29) is 0 Å². The molecule has 0 aliphatic heterocycles. The summed E-state index contributed by atoms with van der Waals surface area (Å²) in [5, 5.41) is 3.44. The van der Waals surface area contributed by atoms with Crippen LogP contribution < -0.4 is 5.32 Å². The van der Waals surface area contributed by atoms with Gasteiger partial charge in [0, 0.05) is 25.3 Å². The third-order valence-corrected chi connectivity index (χ3v) is 3.10. The maximum Gasteiger partial charge on any atom is 0.0948 e. The Morgan fingerprint density at radius 1 is 1.31 bits per heavy atom. The second-order valence-electron chi connectivity index (χ2n) is 4.76. The molecule has 0 saturated heterocycles. The highest BCUT2D eigenvalue weighted by Crippen LogP contribution is 2.12. The third kappa shape index (κ3) is 3.97. The summed E-state index contributed by atoms with van der Waals surface area (Å²) in [6, 6.07) is 0.525. The zero-order valence-corrected chi connectivity index (χ0v) is 11.0. The number of nitrogens with one attached hydrogen (secondary N) is 1. The van der Waals surface area contributed by atoms with Crippen LogP contribution >= 0.6 is 0 Å². The molecule has 3 heteroatoms. The van der Waals surface area contributed by atoms with Gasteiger partial charge in [0.1, 0.15) is 0 Å². The Bertz CT molecular complexity index is 287. The molecule has 1 aromatic heterocycles. The average molecular weight is 223 g/mol. The summed E-state index contributed by atoms with van der Waals surface area (Å²) in [6.07, 6.45) is 6.41. The molecule has 1 N–H and O–H groups in total. The molecule has 0 amide bonds. The lowest BCUT2D eigenvalue weighted by Crippen LogP contribution is -2.24. The first-order valence-electron chi connectivity index (χ1n) is 6.39. The minimum atomic E-state index is 0.525. The summed E-state index contributed by atoms with van der Waals surface area (Å²) in [5.74, 6) is 0.770. The van der Waals surface area contributed by atoms with E-state index >= 15 is 0 Å². The van der Waals surface area contributed by atoms with E-state index in [0.717, 1.165) is 19.0 Å². The monoisotopic (exact) mass is 223 g/mol. The quantitative estimate of drug-likeness (QED) is 0.770. The maximum atomic E-state index is 4.24. The van der Waals surface area contributed by atoms with E-state index in [1.165, 1.54) is 18.5 Å². The number of aromatic nitrogens is 2. The summed E-state index contributed by atoms with van der Waals surface area (Å²) < 4.78 is 2.28. The van der Waals surface area contributed by atoms with Crippen LogP contribution in [0.3, 0.4) is 0 Å². The van der Waals surface area contributed by atoms with E-state index in [4.69, 9.17) is 0 Å². The molecule has 3 nitrogen and oxygen atoms in total. The highest BCUT2D eigenvalue weighted by Gasteiger charge is 2.08. The molecule has 1 aromatic rings. The normalized spacial score (nSPS) is 11.6. The molecule has 0 aromatic carbocycles. The molecule has 0 saturated carbocycles. The van der Waals surface area contributed by atoms with Crippen molar-refractivity contribution in [2.24, 2.45) is 5.92 Å². The Kier molecular flexibility index (Phi) is 5.53. The molecule has 1 heterocycles. The lowest BCUT2D eigenvalue weighted by atomic mass is 10.0. The summed E-state index contributed by atoms with van der Waals surface area (Å²) >= 11 is 0. The summed E-state index contributed by atoms with van der Waals surface area (Å²) in [4.78, 5) is 4.24. The molecule has 0 fully saturated rings. The largest absolute Gasteiger partial charge is 0.333 e. The zero-order chi connectivity index (χ0) is 12.0. The molecule has 1 rings (SSSR count). The Hall–Kier alpha value is -0.830. The van der Waals surface area contributed by atoms with Crippen LogP contribution in [0, 0.1) is 5.92 Å². The van der Waals surface area contributed by atoms with Crippen LogP contribution in [-0.2, 0) is 13.1 Å². The molecule has 16 heavy (non-hydrogen) atoms. The second-order valence-corrected chi connectivity index (χ2v) is 4.76. The molecule has 0 aliphatic rings. The standard InChI is InChI=1S/C13H25N3/c1-5-12(6-2)9-16-10-14-7-13(16)8-15-11(3)4/h7,10-12,15H,5-6,8-9H2,1-4H3. The number of rotatable bonds is 7. The van der Waals surface area contributed by atoms with Crippen molar-refractivity contribution >= 4 is 0 Å². The van der Waals surface area contributed by atoms with Crippen molar-refractivity contribution in [1.82, 2.24) is 14.9 Å². The van der Waals surface area contributed by atoms with Crippen LogP contribution in [0.2, 0.25) is 0 Å². The van der Waals surface area contributed by atoms with E-state index in [9.17, 15) is 0 Å². The molecule has 0 bridgehead atoms. The van der Waals surface area contributed by atoms with Crippen LogP contribution in [0.1, 0.15) is 46.2 Å². The minimum absolute atomic E-state index is 0.525. The molecule has 92 valence electrons. The Morgan fingerprint density at radius 2 is 2.00 bits per heavy atom. The average Bonchev–Trinajstić information content (AvgIpc) is 2.70. The molecular formula is C13H25N3. The number of hydrogen-bond donors (Lipinski definition) is 1. The smallest absolute Gasteiger partial charge is 0.0948 e. The summed E-state index contributed by atoms with van der Waals surface area (Å²) in [5.41, 5.74) is 1.29. The van der Waals surface area contributed by atoms with Gasteiger partial charge in [-0.2, -0.15) is 0 Å². The Morgan fingerprint density at radius 3 is 2.56 bits per heavy atom. The van der Waals surface area contributed by atoms with Crippen LogP contribution in [0.5, 0.6) is 0 Å². The number of nitrogens with zero attached hydrogens (tertiary/aromatic N) is 2. The van der Waals surface area contributed by atoms with Gasteiger partial charge in [-0.15, -0.1) is 0 Å². The topological polar surface area (TPSA) is 29.9 Å². The van der Waals surface area contributed by atoms with Crippen molar-refractivity contribution in [3.8, 4) is 0 Å². The van der Waals surface area contributed by atoms with Crippen LogP contribution in [0.25, 0.3) is 0 Å². The van der Waals surface area contributed by atoms with Crippen molar-refractivity contribution in [1.29, 1.82) is 0 Å². The first kappa shape index (κ1) is 13.2. The lowest BCUT2D eigenvalue weighted by Gasteiger charge is -2.16. The summed E-state index contributed by atoms with van der Waals surface area (Å²) in [7, 11) is 0. The van der Waals surface area contributed by atoms with Crippen molar-refractivity contribution in [3.63, 3.8) is 0 Å². The van der Waals surface area contributed by atoms with Gasteiger partial charge in [-0.3, -0.25) is 0 Å². The fourth-order valence-electron chi connectivity index (χ4n) is 1.79. The van der Waals surface area contributed by atoms with E-state index in [1.807, 2.05) is 12.5 Å². The van der Waals surface area contributed by atoms with E-state index < -0.39 is 0 Å². The van der Waals surface area contributed by atoms with Crippen molar-refractivity contribution in [2.45, 2.75) is 59.7 Å². The first-order chi connectivity index (χ1) is 7.67. The molecule has 0 unspecified atom stereocenters. The van der Waals surface area contributed by atoms with Gasteiger partial charge in [0.25, 0.3) is 0 Å². The second kappa shape index (κ2) is 6.69. The van der Waals surface area contributed by atoms with Crippen LogP contribution in [0.4, 0.5) is 0 Å². The molecule has 0 aliphatic carbocycles. The predicted octanol–water partition coefficient (Wildman–Crippen LogP) is 2.82. The number of imidazole rings is 1. The van der Waals surface area contributed by atoms with Gasteiger partial charge in [0.15, 0.2) is 0 Å². The molecule has 0 radical (unpaired) electrons. The lowest BCUT2D eigenvalue weighted by molar-refractivity contribution is 0.407. The summed E-state index contributed by atoms with van der Waals surface area (Å²) in [6.45, 7) is 10.9. The number of hydrogen-bond acceptors (Lipinski definition) is 2. The maximum absolute atomic E-state index is 4.24. The minimum Gasteiger partial charge on any atom is -0.333 e. The van der Waals surface area contributed by atoms with Gasteiger partial charge in [0.05, 0.1) is 12.0 Å². The van der Waals surface area contributed by atoms with E-state index in [1.54, 1.807) is 0 Å². The van der Waals surface area contributed by atoms with Crippen molar-refractivity contribution in [2.75, 3.05) is 0 Å². The van der Waals surface area contributed by atoms with E-state index in [2.05, 4.69) is 42.6 Å². The van der Waals surface area contributed by atoms with Crippen LogP contribution in [0.15, 0.2) is 12.5 Å². The van der Waals surface area contributed by atoms with Crippen molar-refractivity contribution < 1.29 is 0 Å². The zero-order valence-electron chi connectivity index (χ0n) is 11.0. The van der Waals surface area contributed by atoms with Crippen LogP contribution in [-0.4, -0.2) is 15.6 Å². The SMILES string of the molecule is CCC(CC)Cn1cncc1CNC(C)C. The third-order valence-electron chi connectivity index (χ3n) is 3.10. The van der Waals surface area contributed by atoms with Gasteiger partial charge in [-0.05, 0) is 5.92 Å². The molecule has 0 atom stereocenters. The van der Waals surface area contributed by atoms with Gasteiger partial charge < -0.3 is 9.88 Å². The fraction of sp³-hybridized carbons (Fsp3) is 0.769. The van der Waals surface area contributed by atoms with Gasteiger partial charge >= 0.3 is 0 Å². The highest BCUT2D eigenvalue weighted by molar-refractivity contribution is 4.98. The van der Waals surface area contributed by atoms with E-state index in [0.29, 0.717) is 6.04 Å². The van der Waals surface area contributed by atoms with Gasteiger partial charge in [-0.1, -0.05) is 40.5 Å². The van der Waals surface area contributed by atoms with Crippen molar-refractivity contribution in [3.05, 3.63) is 18.2 Å². The van der Waals surface area contributed by atoms with Gasteiger partial charge in [0.2, 0.25) is 0 Å². The Balaban J connectivity index is 2.55. The Labute approximate surface area is 99.3 Å². The fourth-order valence-corrected chi connectivity index (χ4v) is 1.79. The first-order valence-corrected chi connectivity index (χ1v) is 6.39. The predicted molar refractivity (Wildman–Crippen MR) is 68.3 cm³/mol.